The molecule has 0 nitrogen and oxygen atoms in total. The molecular formula is C21H28. The van der Waals surface area contributed by atoms with E-state index in [-0.39, 0.29) is 0 Å². The summed E-state index contributed by atoms with van der Waals surface area (Å²) < 4.78 is 0. The van der Waals surface area contributed by atoms with Gasteiger partial charge in [0.2, 0.25) is 0 Å². The molecular weight excluding hydrogens is 252 g/mol. The maximum atomic E-state index is 4.13. The zero-order chi connectivity index (χ0) is 14.7. The molecule has 0 spiro atoms. The molecule has 6 atom stereocenters. The minimum absolute atomic E-state index is 0.391. The Hall–Kier alpha value is -1.00. The van der Waals surface area contributed by atoms with Crippen molar-refractivity contribution in [2.45, 2.75) is 52.4 Å². The second-order valence-electron chi connectivity index (χ2n) is 8.33. The van der Waals surface area contributed by atoms with Crippen LogP contribution in [0.25, 0.3) is 0 Å². The van der Waals surface area contributed by atoms with Gasteiger partial charge in [-0.25, -0.2) is 0 Å². The first-order chi connectivity index (χ1) is 10.1. The summed E-state index contributed by atoms with van der Waals surface area (Å²) in [5.74, 6) is 3.26. The van der Waals surface area contributed by atoms with Gasteiger partial charge in [0, 0.05) is 5.41 Å². The van der Waals surface area contributed by atoms with E-state index < -0.39 is 0 Å². The van der Waals surface area contributed by atoms with Gasteiger partial charge in [0.1, 0.15) is 0 Å². The number of rotatable bonds is 1. The third-order valence-electron chi connectivity index (χ3n) is 7.67. The van der Waals surface area contributed by atoms with E-state index in [0.717, 1.165) is 23.7 Å². The van der Waals surface area contributed by atoms with Crippen LogP contribution >= 0.6 is 0 Å². The Balaban J connectivity index is 1.75. The summed E-state index contributed by atoms with van der Waals surface area (Å²) in [6.07, 6.45) is 17.6. The maximum absolute atomic E-state index is 4.13. The molecule has 0 aliphatic heterocycles. The summed E-state index contributed by atoms with van der Waals surface area (Å²) in [5.41, 5.74) is 5.96. The van der Waals surface area contributed by atoms with Crippen molar-refractivity contribution in [3.63, 3.8) is 0 Å². The SMILES string of the molecule is C=C[C@H]1CC[C@H]2[C@@H]3C=CC4=C=CCC[C@]4(C)[C@H]3CC[C@]12C. The monoisotopic (exact) mass is 280 g/mol. The van der Waals surface area contributed by atoms with E-state index in [9.17, 15) is 0 Å². The lowest BCUT2D eigenvalue weighted by atomic mass is 9.49. The predicted octanol–water partition coefficient (Wildman–Crippen LogP) is 5.68. The molecule has 0 amide bonds. The van der Waals surface area contributed by atoms with Gasteiger partial charge in [-0.2, -0.15) is 0 Å². The van der Waals surface area contributed by atoms with E-state index in [1.165, 1.54) is 44.1 Å². The normalized spacial score (nSPS) is 50.9. The van der Waals surface area contributed by atoms with E-state index in [1.54, 1.807) is 0 Å². The van der Waals surface area contributed by atoms with Gasteiger partial charge >= 0.3 is 0 Å². The van der Waals surface area contributed by atoms with Crippen LogP contribution in [0.3, 0.4) is 0 Å². The first-order valence-corrected chi connectivity index (χ1v) is 8.86. The topological polar surface area (TPSA) is 0 Å². The molecule has 0 heterocycles. The summed E-state index contributed by atoms with van der Waals surface area (Å²) in [5, 5.41) is 0. The number of hydrogen-bond acceptors (Lipinski definition) is 0. The third kappa shape index (κ3) is 1.69. The van der Waals surface area contributed by atoms with Gasteiger partial charge in [-0.05, 0) is 79.3 Å². The van der Waals surface area contributed by atoms with Gasteiger partial charge in [0.25, 0.3) is 0 Å². The number of hydrogen-bond donors (Lipinski definition) is 0. The second kappa shape index (κ2) is 4.50. The highest BCUT2D eigenvalue weighted by Crippen LogP contribution is 2.64. The molecule has 0 unspecified atom stereocenters. The van der Waals surface area contributed by atoms with E-state index in [1.807, 2.05) is 0 Å². The second-order valence-corrected chi connectivity index (χ2v) is 8.33. The van der Waals surface area contributed by atoms with Crippen LogP contribution in [0.2, 0.25) is 0 Å². The Bertz CT molecular complexity index is 559. The Morgan fingerprint density at radius 2 is 2.05 bits per heavy atom. The lowest BCUT2D eigenvalue weighted by molar-refractivity contribution is -0.00491. The quantitative estimate of drug-likeness (QED) is 0.428. The van der Waals surface area contributed by atoms with Crippen molar-refractivity contribution < 1.29 is 0 Å². The standard InChI is InChI=1S/C21H28/c1-4-15-9-11-18-17-10-8-16-7-5-6-13-20(16,2)19(17)12-14-21(15,18)3/h4-5,8,10,15,17-19H,1,6,9,11-14H2,2-3H3/t15-,17-,18-,19-,20-,21+/m0/s1. The Kier molecular flexibility index (Phi) is 2.92. The molecule has 0 saturated heterocycles. The highest BCUT2D eigenvalue weighted by atomic mass is 14.6. The Labute approximate surface area is 129 Å². The zero-order valence-corrected chi connectivity index (χ0v) is 13.6. The molecule has 0 aromatic carbocycles. The number of allylic oxidation sites excluding steroid dienone is 4. The molecule has 4 aliphatic carbocycles. The largest absolute Gasteiger partial charge is 0.121 e. The fourth-order valence-electron chi connectivity index (χ4n) is 6.32. The van der Waals surface area contributed by atoms with Crippen molar-refractivity contribution in [1.29, 1.82) is 0 Å². The predicted molar refractivity (Wildman–Crippen MR) is 88.8 cm³/mol. The van der Waals surface area contributed by atoms with Gasteiger partial charge < -0.3 is 0 Å². The summed E-state index contributed by atoms with van der Waals surface area (Å²) in [7, 11) is 0. The van der Waals surface area contributed by atoms with Crippen molar-refractivity contribution in [2.24, 2.45) is 34.5 Å². The van der Waals surface area contributed by atoms with E-state index in [0.29, 0.717) is 10.8 Å². The van der Waals surface area contributed by atoms with Crippen LogP contribution in [0.15, 0.2) is 42.2 Å². The van der Waals surface area contributed by atoms with Gasteiger partial charge in [-0.1, -0.05) is 32.1 Å². The minimum atomic E-state index is 0.391. The Morgan fingerprint density at radius 1 is 1.19 bits per heavy atom. The molecule has 2 fully saturated rings. The molecule has 0 bridgehead atoms. The third-order valence-corrected chi connectivity index (χ3v) is 7.67. The average Bonchev–Trinajstić information content (AvgIpc) is 2.83. The summed E-state index contributed by atoms with van der Waals surface area (Å²) in [6.45, 7) is 9.20. The zero-order valence-electron chi connectivity index (χ0n) is 13.6. The molecule has 4 rings (SSSR count). The van der Waals surface area contributed by atoms with Crippen molar-refractivity contribution in [3.8, 4) is 0 Å². The lowest BCUT2D eigenvalue weighted by Gasteiger charge is -2.55. The van der Waals surface area contributed by atoms with Gasteiger partial charge in [-0.15, -0.1) is 12.3 Å². The molecule has 2 saturated carbocycles. The van der Waals surface area contributed by atoms with Crippen LogP contribution in [0.5, 0.6) is 0 Å². The molecule has 0 aromatic rings. The highest BCUT2D eigenvalue weighted by molar-refractivity contribution is 5.35. The van der Waals surface area contributed by atoms with Crippen LogP contribution in [-0.2, 0) is 0 Å². The fraction of sp³-hybridized carbons (Fsp3) is 0.667. The number of fused-ring (bicyclic) bond motifs is 5. The van der Waals surface area contributed by atoms with Crippen LogP contribution in [0, 0.1) is 34.5 Å². The van der Waals surface area contributed by atoms with Gasteiger partial charge in [0.15, 0.2) is 0 Å². The van der Waals surface area contributed by atoms with Crippen molar-refractivity contribution in [3.05, 3.63) is 42.2 Å². The molecule has 21 heavy (non-hydrogen) atoms. The average molecular weight is 280 g/mol. The first kappa shape index (κ1) is 13.6. The molecule has 0 N–H and O–H groups in total. The van der Waals surface area contributed by atoms with Crippen LogP contribution in [-0.4, -0.2) is 0 Å². The lowest BCUT2D eigenvalue weighted by Crippen LogP contribution is -2.48. The molecule has 112 valence electrons. The first-order valence-electron chi connectivity index (χ1n) is 8.86. The van der Waals surface area contributed by atoms with Crippen molar-refractivity contribution in [1.82, 2.24) is 0 Å². The summed E-state index contributed by atoms with van der Waals surface area (Å²) in [4.78, 5) is 0. The van der Waals surface area contributed by atoms with E-state index in [2.05, 4.69) is 50.5 Å². The molecule has 0 radical (unpaired) electrons. The highest BCUT2D eigenvalue weighted by Gasteiger charge is 2.56. The van der Waals surface area contributed by atoms with Crippen LogP contribution in [0.4, 0.5) is 0 Å². The summed E-state index contributed by atoms with van der Waals surface area (Å²) >= 11 is 0. The van der Waals surface area contributed by atoms with Gasteiger partial charge in [-0.3, -0.25) is 0 Å². The van der Waals surface area contributed by atoms with Gasteiger partial charge in [0.05, 0.1) is 0 Å². The smallest absolute Gasteiger partial charge is 0.00349 e. The molecule has 4 aliphatic rings. The van der Waals surface area contributed by atoms with Crippen molar-refractivity contribution in [2.75, 3.05) is 0 Å². The van der Waals surface area contributed by atoms with E-state index >= 15 is 0 Å². The fourth-order valence-corrected chi connectivity index (χ4v) is 6.32. The molecule has 0 heteroatoms. The summed E-state index contributed by atoms with van der Waals surface area (Å²) in [6, 6.07) is 0. The van der Waals surface area contributed by atoms with E-state index in [4.69, 9.17) is 0 Å². The van der Waals surface area contributed by atoms with Crippen molar-refractivity contribution >= 4 is 0 Å². The molecule has 0 aromatic heterocycles. The maximum Gasteiger partial charge on any atom is 0.00349 e. The van der Waals surface area contributed by atoms with Crippen LogP contribution < -0.4 is 0 Å². The Morgan fingerprint density at radius 3 is 2.86 bits per heavy atom. The minimum Gasteiger partial charge on any atom is -0.121 e. The van der Waals surface area contributed by atoms with Crippen LogP contribution in [0.1, 0.15) is 52.4 Å².